The number of pyridine rings is 2. The molecule has 1 unspecified atom stereocenters. The Balaban J connectivity index is 1.29. The van der Waals surface area contributed by atoms with Gasteiger partial charge in [0.1, 0.15) is 23.3 Å². The SMILES string of the molecule is COC1(c2cc(OC3CC(OCc4ccccc4)C3)cc(-c3cn(C)c4cnc(NC(C)=O)cc34)n2)CCOC1. The lowest BCUT2D eigenvalue weighted by Gasteiger charge is -2.35. The van der Waals surface area contributed by atoms with Crippen LogP contribution < -0.4 is 10.1 Å². The summed E-state index contributed by atoms with van der Waals surface area (Å²) in [6.07, 6.45) is 6.40. The molecule has 2 fully saturated rings. The Kier molecular flexibility index (Phi) is 7.27. The van der Waals surface area contributed by atoms with Gasteiger partial charge in [-0.1, -0.05) is 30.3 Å². The molecule has 9 nitrogen and oxygen atoms in total. The van der Waals surface area contributed by atoms with E-state index in [2.05, 4.69) is 22.4 Å². The summed E-state index contributed by atoms with van der Waals surface area (Å²) in [4.78, 5) is 21.1. The van der Waals surface area contributed by atoms with E-state index >= 15 is 0 Å². The number of carbonyl (C=O) groups is 1. The number of nitrogens with zero attached hydrogens (tertiary/aromatic N) is 3. The number of ether oxygens (including phenoxy) is 4. The van der Waals surface area contributed by atoms with Gasteiger partial charge in [-0.15, -0.1) is 0 Å². The second-order valence-corrected chi connectivity index (χ2v) is 10.6. The second kappa shape index (κ2) is 11.0. The van der Waals surface area contributed by atoms with Crippen LogP contribution in [0.5, 0.6) is 5.75 Å². The van der Waals surface area contributed by atoms with Crippen LogP contribution in [0.1, 0.15) is 37.4 Å². The molecule has 40 heavy (non-hydrogen) atoms. The molecule has 1 atom stereocenters. The van der Waals surface area contributed by atoms with Crippen LogP contribution in [0.15, 0.2) is 60.9 Å². The quantitative estimate of drug-likeness (QED) is 0.319. The Bertz CT molecular complexity index is 1510. The van der Waals surface area contributed by atoms with Crippen LogP contribution >= 0.6 is 0 Å². The van der Waals surface area contributed by atoms with Gasteiger partial charge in [0, 0.05) is 76.2 Å². The summed E-state index contributed by atoms with van der Waals surface area (Å²) in [7, 11) is 3.67. The summed E-state index contributed by atoms with van der Waals surface area (Å²) >= 11 is 0. The zero-order valence-electron chi connectivity index (χ0n) is 23.1. The first-order valence-electron chi connectivity index (χ1n) is 13.6. The molecule has 1 aliphatic heterocycles. The Hall–Kier alpha value is -3.79. The van der Waals surface area contributed by atoms with E-state index in [4.69, 9.17) is 23.9 Å². The minimum atomic E-state index is -0.636. The predicted molar refractivity (Wildman–Crippen MR) is 151 cm³/mol. The number of carbonyl (C=O) groups excluding carboxylic acids is 1. The van der Waals surface area contributed by atoms with Crippen molar-refractivity contribution in [1.29, 1.82) is 0 Å². The summed E-state index contributed by atoms with van der Waals surface area (Å²) in [6, 6.07) is 16.1. The van der Waals surface area contributed by atoms with Crippen molar-refractivity contribution in [1.82, 2.24) is 14.5 Å². The summed E-state index contributed by atoms with van der Waals surface area (Å²) in [5.74, 6) is 1.06. The van der Waals surface area contributed by atoms with E-state index in [1.807, 2.05) is 54.2 Å². The Morgan fingerprint density at radius 2 is 2.00 bits per heavy atom. The van der Waals surface area contributed by atoms with Gasteiger partial charge < -0.3 is 28.8 Å². The maximum Gasteiger partial charge on any atom is 0.222 e. The first kappa shape index (κ1) is 26.4. The van der Waals surface area contributed by atoms with E-state index in [1.165, 1.54) is 12.5 Å². The third-order valence-corrected chi connectivity index (χ3v) is 7.78. The normalized spacial score (nSPS) is 22.3. The van der Waals surface area contributed by atoms with E-state index < -0.39 is 5.60 Å². The van der Waals surface area contributed by atoms with E-state index in [0.717, 1.165) is 46.4 Å². The highest BCUT2D eigenvalue weighted by atomic mass is 16.6. The fraction of sp³-hybridized carbons (Fsp3) is 0.387. The van der Waals surface area contributed by atoms with Gasteiger partial charge in [-0.25, -0.2) is 9.97 Å². The van der Waals surface area contributed by atoms with Crippen LogP contribution in [0.3, 0.4) is 0 Å². The highest BCUT2D eigenvalue weighted by Gasteiger charge is 2.39. The number of nitrogens with one attached hydrogen (secondary N) is 1. The second-order valence-electron chi connectivity index (χ2n) is 10.6. The average Bonchev–Trinajstić information content (AvgIpc) is 3.55. The molecule has 0 bridgehead atoms. The molecule has 1 N–H and O–H groups in total. The molecule has 2 aliphatic rings. The van der Waals surface area contributed by atoms with Gasteiger partial charge >= 0.3 is 0 Å². The minimum absolute atomic E-state index is 0.0604. The topological polar surface area (TPSA) is 96.7 Å². The number of amides is 1. The number of fused-ring (bicyclic) bond motifs is 1. The van der Waals surface area contributed by atoms with Crippen molar-refractivity contribution >= 4 is 22.6 Å². The molecule has 208 valence electrons. The van der Waals surface area contributed by atoms with Crippen LogP contribution in [0.25, 0.3) is 22.2 Å². The van der Waals surface area contributed by atoms with E-state index in [-0.39, 0.29) is 18.1 Å². The Labute approximate surface area is 233 Å². The minimum Gasteiger partial charge on any atom is -0.490 e. The molecule has 1 saturated carbocycles. The third-order valence-electron chi connectivity index (χ3n) is 7.78. The zero-order valence-corrected chi connectivity index (χ0v) is 23.1. The molecule has 0 spiro atoms. The third kappa shape index (κ3) is 5.32. The van der Waals surface area contributed by atoms with Crippen LogP contribution in [-0.4, -0.2) is 53.0 Å². The van der Waals surface area contributed by atoms with Crippen LogP contribution in [-0.2, 0) is 38.3 Å². The van der Waals surface area contributed by atoms with Crippen molar-refractivity contribution in [3.63, 3.8) is 0 Å². The molecule has 4 aromatic rings. The lowest BCUT2D eigenvalue weighted by Crippen LogP contribution is -2.39. The molecule has 1 saturated heterocycles. The fourth-order valence-electron chi connectivity index (χ4n) is 5.42. The fourth-order valence-corrected chi connectivity index (χ4v) is 5.42. The van der Waals surface area contributed by atoms with E-state index in [0.29, 0.717) is 32.1 Å². The van der Waals surface area contributed by atoms with Gasteiger partial charge in [0.25, 0.3) is 0 Å². The predicted octanol–water partition coefficient (Wildman–Crippen LogP) is 4.98. The summed E-state index contributed by atoms with van der Waals surface area (Å²) in [5, 5.41) is 3.72. The van der Waals surface area contributed by atoms with Crippen molar-refractivity contribution in [3.05, 3.63) is 72.2 Å². The van der Waals surface area contributed by atoms with Crippen molar-refractivity contribution in [2.75, 3.05) is 25.6 Å². The van der Waals surface area contributed by atoms with Gasteiger partial charge in [0.2, 0.25) is 5.91 Å². The van der Waals surface area contributed by atoms with Gasteiger partial charge in [0.15, 0.2) is 0 Å². The van der Waals surface area contributed by atoms with Crippen molar-refractivity contribution in [2.24, 2.45) is 7.05 Å². The summed E-state index contributed by atoms with van der Waals surface area (Å²) in [5.41, 5.74) is 3.93. The monoisotopic (exact) mass is 542 g/mol. The molecule has 1 aromatic carbocycles. The van der Waals surface area contributed by atoms with E-state index in [9.17, 15) is 4.79 Å². The highest BCUT2D eigenvalue weighted by Crippen LogP contribution is 2.39. The maximum atomic E-state index is 11.7. The number of hydrogen-bond acceptors (Lipinski definition) is 7. The number of methoxy groups -OCH3 is 1. The molecule has 1 aliphatic carbocycles. The zero-order chi connectivity index (χ0) is 27.7. The standard InChI is InChI=1S/C31H34N4O5/c1-20(36)33-30-15-25-26(17-35(2)28(25)16-32-30)27-13-24(14-29(34-27)31(37-3)9-10-38-19-31)40-23-11-22(12-23)39-18-21-7-5-4-6-8-21/h4-8,13-17,22-23H,9-12,18-19H2,1-3H3,(H,32,33,36). The molecule has 9 heteroatoms. The van der Waals surface area contributed by atoms with Crippen LogP contribution in [0, 0.1) is 0 Å². The molecule has 6 rings (SSSR count). The highest BCUT2D eigenvalue weighted by molar-refractivity contribution is 5.98. The molecule has 3 aromatic heterocycles. The van der Waals surface area contributed by atoms with Gasteiger partial charge in [0.05, 0.1) is 42.4 Å². The number of anilines is 1. The van der Waals surface area contributed by atoms with Crippen molar-refractivity contribution in [3.8, 4) is 17.0 Å². The Morgan fingerprint density at radius 1 is 1.18 bits per heavy atom. The molecule has 4 heterocycles. The summed E-state index contributed by atoms with van der Waals surface area (Å²) < 4.78 is 26.3. The van der Waals surface area contributed by atoms with Crippen molar-refractivity contribution in [2.45, 2.75) is 50.6 Å². The number of hydrogen-bond donors (Lipinski definition) is 1. The number of aromatic nitrogens is 3. The Morgan fingerprint density at radius 3 is 2.73 bits per heavy atom. The maximum absolute atomic E-state index is 11.7. The number of benzene rings is 1. The molecular weight excluding hydrogens is 508 g/mol. The average molecular weight is 543 g/mol. The van der Waals surface area contributed by atoms with Gasteiger partial charge in [-0.3, -0.25) is 4.79 Å². The smallest absolute Gasteiger partial charge is 0.222 e. The largest absolute Gasteiger partial charge is 0.490 e. The molecule has 1 amide bonds. The first-order chi connectivity index (χ1) is 19.4. The van der Waals surface area contributed by atoms with E-state index in [1.54, 1.807) is 13.3 Å². The number of rotatable bonds is 9. The molecular formula is C31H34N4O5. The van der Waals surface area contributed by atoms with Crippen molar-refractivity contribution < 1.29 is 23.7 Å². The summed E-state index contributed by atoms with van der Waals surface area (Å²) in [6.45, 7) is 3.12. The lowest BCUT2D eigenvalue weighted by molar-refractivity contribution is -0.114. The molecule has 0 radical (unpaired) electrons. The van der Waals surface area contributed by atoms with Crippen LogP contribution in [0.2, 0.25) is 0 Å². The van der Waals surface area contributed by atoms with Gasteiger partial charge in [-0.05, 0) is 11.6 Å². The number of aryl methyl sites for hydroxylation is 1. The van der Waals surface area contributed by atoms with Gasteiger partial charge in [-0.2, -0.15) is 0 Å². The first-order valence-corrected chi connectivity index (χ1v) is 13.6. The lowest BCUT2D eigenvalue weighted by atomic mass is 9.91. The van der Waals surface area contributed by atoms with Crippen LogP contribution in [0.4, 0.5) is 5.82 Å².